The quantitative estimate of drug-likeness (QED) is 0.841. The molecule has 0 heterocycles. The summed E-state index contributed by atoms with van der Waals surface area (Å²) in [4.78, 5) is 13.4. The van der Waals surface area contributed by atoms with Crippen molar-refractivity contribution in [3.05, 3.63) is 24.3 Å². The lowest BCUT2D eigenvalue weighted by atomic mass is 10.3. The van der Waals surface area contributed by atoms with Crippen molar-refractivity contribution in [1.29, 1.82) is 0 Å². The third-order valence-corrected chi connectivity index (χ3v) is 3.26. The predicted octanol–water partition coefficient (Wildman–Crippen LogP) is 2.80. The number of hydrogen-bond donors (Lipinski definition) is 2. The third-order valence-electron chi connectivity index (χ3n) is 2.51. The molecule has 0 aromatic heterocycles. The van der Waals surface area contributed by atoms with E-state index in [-0.39, 0.29) is 0 Å². The van der Waals surface area contributed by atoms with Gasteiger partial charge in [-0.25, -0.2) is 4.79 Å². The molecule has 0 aliphatic heterocycles. The molecule has 1 unspecified atom stereocenters. The number of hydrogen-bond acceptors (Lipinski definition) is 3. The minimum absolute atomic E-state index is 0.473. The number of benzene rings is 1. The molecule has 0 aliphatic rings. The van der Waals surface area contributed by atoms with Gasteiger partial charge in [0, 0.05) is 17.6 Å². The summed E-state index contributed by atoms with van der Waals surface area (Å²) >= 11 is 1.53. The van der Waals surface area contributed by atoms with E-state index < -0.39 is 24.9 Å². The highest BCUT2D eigenvalue weighted by Gasteiger charge is 2.39. The number of urea groups is 1. The van der Waals surface area contributed by atoms with E-state index in [1.807, 2.05) is 6.26 Å². The summed E-state index contributed by atoms with van der Waals surface area (Å²) in [6.45, 7) is -0.821. The molecule has 2 amide bonds. The molecular formula is C12H15F3N2O2S. The summed E-state index contributed by atoms with van der Waals surface area (Å²) in [5, 5.41) is 11.3. The fourth-order valence-electron chi connectivity index (χ4n) is 1.34. The van der Waals surface area contributed by atoms with Crippen LogP contribution in [0.5, 0.6) is 0 Å². The predicted molar refractivity (Wildman–Crippen MR) is 71.9 cm³/mol. The van der Waals surface area contributed by atoms with E-state index in [2.05, 4.69) is 5.32 Å². The molecule has 112 valence electrons. The Hall–Kier alpha value is -1.41. The number of likely N-dealkylation sites (N-methyl/N-ethyl adjacent to an activating group) is 1. The molecule has 0 radical (unpaired) electrons. The first-order valence-corrected chi connectivity index (χ1v) is 6.87. The number of nitrogens with zero attached hydrogens (tertiary/aromatic N) is 1. The average molecular weight is 308 g/mol. The highest BCUT2D eigenvalue weighted by atomic mass is 32.2. The number of amides is 2. The molecule has 0 bridgehead atoms. The summed E-state index contributed by atoms with van der Waals surface area (Å²) in [5.74, 6) is 0. The van der Waals surface area contributed by atoms with E-state index >= 15 is 0 Å². The Labute approximate surface area is 119 Å². The van der Waals surface area contributed by atoms with Gasteiger partial charge >= 0.3 is 12.2 Å². The zero-order valence-electron chi connectivity index (χ0n) is 10.9. The van der Waals surface area contributed by atoms with E-state index in [1.165, 1.54) is 18.8 Å². The largest absolute Gasteiger partial charge is 0.416 e. The second-order valence-corrected chi connectivity index (χ2v) is 4.98. The lowest BCUT2D eigenvalue weighted by molar-refractivity contribution is -0.205. The summed E-state index contributed by atoms with van der Waals surface area (Å²) in [6.07, 6.45) is -5.40. The first-order valence-electron chi connectivity index (χ1n) is 5.65. The minimum Gasteiger partial charge on any atom is -0.382 e. The van der Waals surface area contributed by atoms with Crippen LogP contribution >= 0.6 is 11.8 Å². The van der Waals surface area contributed by atoms with Crippen LogP contribution in [0, 0.1) is 0 Å². The Kier molecular flexibility index (Phi) is 5.70. The number of alkyl halides is 3. The molecule has 20 heavy (non-hydrogen) atoms. The first-order chi connectivity index (χ1) is 9.24. The van der Waals surface area contributed by atoms with Gasteiger partial charge < -0.3 is 15.3 Å². The molecule has 4 nitrogen and oxygen atoms in total. The Bertz CT molecular complexity index is 451. The highest BCUT2D eigenvalue weighted by molar-refractivity contribution is 7.98. The number of aliphatic hydroxyl groups excluding tert-OH is 1. The lowest BCUT2D eigenvalue weighted by Gasteiger charge is -2.22. The van der Waals surface area contributed by atoms with Crippen LogP contribution in [0.25, 0.3) is 0 Å². The van der Waals surface area contributed by atoms with Crippen molar-refractivity contribution in [2.75, 3.05) is 25.2 Å². The zero-order valence-corrected chi connectivity index (χ0v) is 11.8. The van der Waals surface area contributed by atoms with Crippen LogP contribution < -0.4 is 5.32 Å². The van der Waals surface area contributed by atoms with Gasteiger partial charge in [-0.2, -0.15) is 13.2 Å². The average Bonchev–Trinajstić information content (AvgIpc) is 2.38. The van der Waals surface area contributed by atoms with Gasteiger partial charge in [0.25, 0.3) is 0 Å². The summed E-state index contributed by atoms with van der Waals surface area (Å²) in [7, 11) is 1.18. The maximum Gasteiger partial charge on any atom is 0.416 e. The molecule has 1 aromatic carbocycles. The molecule has 0 saturated carbocycles. The van der Waals surface area contributed by atoms with Crippen molar-refractivity contribution in [3.63, 3.8) is 0 Å². The van der Waals surface area contributed by atoms with Gasteiger partial charge in [-0.05, 0) is 30.5 Å². The van der Waals surface area contributed by atoms with Crippen LogP contribution in [-0.2, 0) is 0 Å². The summed E-state index contributed by atoms with van der Waals surface area (Å²) in [6, 6.07) is 6.15. The molecule has 8 heteroatoms. The number of nitrogens with one attached hydrogen (secondary N) is 1. The summed E-state index contributed by atoms with van der Waals surface area (Å²) in [5.41, 5.74) is 0.473. The Morgan fingerprint density at radius 1 is 1.40 bits per heavy atom. The molecule has 1 atom stereocenters. The SMILES string of the molecule is CSc1ccc(NC(=O)N(C)CC(O)C(F)(F)F)cc1. The van der Waals surface area contributed by atoms with Crippen LogP contribution in [0.4, 0.5) is 23.7 Å². The van der Waals surface area contributed by atoms with Crippen LogP contribution in [-0.4, -0.2) is 48.2 Å². The van der Waals surface area contributed by atoms with Crippen LogP contribution in [0.1, 0.15) is 0 Å². The topological polar surface area (TPSA) is 52.6 Å². The number of thioether (sulfide) groups is 1. The standard InChI is InChI=1S/C12H15F3N2O2S/c1-17(7-10(18)12(13,14)15)11(19)16-8-3-5-9(20-2)6-4-8/h3-6,10,18H,7H2,1-2H3,(H,16,19). The smallest absolute Gasteiger partial charge is 0.382 e. The van der Waals surface area contributed by atoms with Crippen molar-refractivity contribution < 1.29 is 23.1 Å². The van der Waals surface area contributed by atoms with Crippen LogP contribution in [0.2, 0.25) is 0 Å². The van der Waals surface area contributed by atoms with Gasteiger partial charge in [0.1, 0.15) is 0 Å². The molecule has 1 aromatic rings. The molecule has 1 rings (SSSR count). The molecule has 0 fully saturated rings. The van der Waals surface area contributed by atoms with E-state index in [9.17, 15) is 18.0 Å². The van der Waals surface area contributed by atoms with Gasteiger partial charge in [-0.1, -0.05) is 0 Å². The van der Waals surface area contributed by atoms with Crippen molar-refractivity contribution in [1.82, 2.24) is 4.90 Å². The van der Waals surface area contributed by atoms with Crippen molar-refractivity contribution in [2.45, 2.75) is 17.2 Å². The van der Waals surface area contributed by atoms with Crippen molar-refractivity contribution in [3.8, 4) is 0 Å². The molecule has 0 saturated heterocycles. The number of carbonyl (C=O) groups excluding carboxylic acids is 1. The van der Waals surface area contributed by atoms with Crippen molar-refractivity contribution >= 4 is 23.5 Å². The molecular weight excluding hydrogens is 293 g/mol. The molecule has 0 spiro atoms. The van der Waals surface area contributed by atoms with E-state index in [4.69, 9.17) is 5.11 Å². The second kappa shape index (κ2) is 6.85. The third kappa shape index (κ3) is 4.93. The monoisotopic (exact) mass is 308 g/mol. The minimum atomic E-state index is -4.74. The van der Waals surface area contributed by atoms with Gasteiger partial charge in [0.05, 0.1) is 6.54 Å². The van der Waals surface area contributed by atoms with E-state index in [0.29, 0.717) is 5.69 Å². The summed E-state index contributed by atoms with van der Waals surface area (Å²) < 4.78 is 36.5. The van der Waals surface area contributed by atoms with Gasteiger partial charge in [0.15, 0.2) is 6.10 Å². The second-order valence-electron chi connectivity index (χ2n) is 4.10. The van der Waals surface area contributed by atoms with Gasteiger partial charge in [0.2, 0.25) is 0 Å². The van der Waals surface area contributed by atoms with E-state index in [1.54, 1.807) is 24.3 Å². The van der Waals surface area contributed by atoms with Crippen LogP contribution in [0.15, 0.2) is 29.2 Å². The number of halogens is 3. The maximum absolute atomic E-state index is 12.2. The van der Waals surface area contributed by atoms with E-state index in [0.717, 1.165) is 9.80 Å². The normalized spacial score (nSPS) is 12.9. The number of anilines is 1. The number of aliphatic hydroxyl groups is 1. The Morgan fingerprint density at radius 2 is 1.95 bits per heavy atom. The Morgan fingerprint density at radius 3 is 2.40 bits per heavy atom. The van der Waals surface area contributed by atoms with Gasteiger partial charge in [-0.3, -0.25) is 0 Å². The fourth-order valence-corrected chi connectivity index (χ4v) is 1.75. The molecule has 2 N–H and O–H groups in total. The highest BCUT2D eigenvalue weighted by Crippen LogP contribution is 2.21. The fraction of sp³-hybridized carbons (Fsp3) is 0.417. The first kappa shape index (κ1) is 16.6. The van der Waals surface area contributed by atoms with Crippen molar-refractivity contribution in [2.24, 2.45) is 0 Å². The van der Waals surface area contributed by atoms with Gasteiger partial charge in [-0.15, -0.1) is 11.8 Å². The zero-order chi connectivity index (χ0) is 15.3. The lowest BCUT2D eigenvalue weighted by Crippen LogP contribution is -2.43. The van der Waals surface area contributed by atoms with Crippen LogP contribution in [0.3, 0.4) is 0 Å². The number of carbonyl (C=O) groups is 1. The maximum atomic E-state index is 12.2. The Balaban J connectivity index is 2.57. The number of rotatable bonds is 4. The molecule has 0 aliphatic carbocycles.